The molecule has 0 radical (unpaired) electrons. The zero-order valence-corrected chi connectivity index (χ0v) is 14.7. The van der Waals surface area contributed by atoms with Gasteiger partial charge in [0.05, 0.1) is 11.5 Å². The van der Waals surface area contributed by atoms with Crippen LogP contribution in [0.15, 0.2) is 48.5 Å². The maximum absolute atomic E-state index is 12.8. The highest BCUT2D eigenvalue weighted by molar-refractivity contribution is 6.00. The second-order valence-electron chi connectivity index (χ2n) is 7.39. The van der Waals surface area contributed by atoms with E-state index in [2.05, 4.69) is 5.32 Å². The molecule has 0 aromatic heterocycles. The topological polar surface area (TPSA) is 69.6 Å². The molecule has 2 aromatic rings. The van der Waals surface area contributed by atoms with E-state index in [1.165, 1.54) is 0 Å². The van der Waals surface area contributed by atoms with Crippen molar-refractivity contribution in [2.45, 2.75) is 24.4 Å². The molecule has 1 atom stereocenters. The lowest BCUT2D eigenvalue weighted by Gasteiger charge is -2.32. The van der Waals surface area contributed by atoms with Crippen molar-refractivity contribution in [2.24, 2.45) is 0 Å². The molecule has 0 saturated heterocycles. The third kappa shape index (κ3) is 2.88. The summed E-state index contributed by atoms with van der Waals surface area (Å²) in [5.41, 5.74) is 2.66. The molecule has 5 nitrogen and oxygen atoms in total. The van der Waals surface area contributed by atoms with Crippen LogP contribution in [0, 0.1) is 0 Å². The molecule has 4 rings (SSSR count). The summed E-state index contributed by atoms with van der Waals surface area (Å²) in [4.78, 5) is 26.7. The molecule has 1 aliphatic carbocycles. The van der Waals surface area contributed by atoms with Gasteiger partial charge in [-0.15, -0.1) is 0 Å². The molecule has 1 unspecified atom stereocenters. The van der Waals surface area contributed by atoms with Crippen molar-refractivity contribution in [3.05, 3.63) is 70.8 Å². The van der Waals surface area contributed by atoms with Gasteiger partial charge in [-0.05, 0) is 22.8 Å². The Morgan fingerprint density at radius 2 is 1.77 bits per heavy atom. The van der Waals surface area contributed by atoms with Gasteiger partial charge in [0.2, 0.25) is 5.91 Å². The fourth-order valence-corrected chi connectivity index (χ4v) is 4.05. The lowest BCUT2D eigenvalue weighted by Crippen LogP contribution is -2.48. The number of hydrogen-bond acceptors (Lipinski definition) is 3. The monoisotopic (exact) mass is 350 g/mol. The molecule has 1 heterocycles. The number of carbonyl (C=O) groups excluding carboxylic acids is 2. The quantitative estimate of drug-likeness (QED) is 0.881. The van der Waals surface area contributed by atoms with Gasteiger partial charge in [0.25, 0.3) is 5.91 Å². The summed E-state index contributed by atoms with van der Waals surface area (Å²) < 4.78 is 0. The Balaban J connectivity index is 1.48. The number of hydrogen-bond donors (Lipinski definition) is 2. The molecule has 5 heteroatoms. The van der Waals surface area contributed by atoms with Crippen molar-refractivity contribution in [1.82, 2.24) is 10.2 Å². The van der Waals surface area contributed by atoms with E-state index in [9.17, 15) is 14.7 Å². The van der Waals surface area contributed by atoms with Gasteiger partial charge in [-0.25, -0.2) is 0 Å². The number of fused-ring (bicyclic) bond motifs is 2. The first-order valence-corrected chi connectivity index (χ1v) is 8.88. The van der Waals surface area contributed by atoms with Gasteiger partial charge in [-0.1, -0.05) is 42.5 Å². The summed E-state index contributed by atoms with van der Waals surface area (Å²) in [6.07, 6.45) is 1.09. The normalized spacial score (nSPS) is 20.5. The largest absolute Gasteiger partial charge is 0.387 e. The summed E-state index contributed by atoms with van der Waals surface area (Å²) in [6, 6.07) is 15.2. The minimum Gasteiger partial charge on any atom is -0.387 e. The second-order valence-corrected chi connectivity index (χ2v) is 7.39. The van der Waals surface area contributed by atoms with Crippen LogP contribution in [0.3, 0.4) is 0 Å². The molecule has 0 bridgehead atoms. The van der Waals surface area contributed by atoms with Gasteiger partial charge in [0.1, 0.15) is 0 Å². The molecule has 134 valence electrons. The average Bonchev–Trinajstić information content (AvgIpc) is 2.99. The van der Waals surface area contributed by atoms with Crippen molar-refractivity contribution in [2.75, 3.05) is 20.1 Å². The number of amides is 2. The standard InChI is InChI=1S/C21H22N2O3/c1-23-12-18(16-8-4-5-9-17(16)20(23)25)19(24)22-13-21(26)10-14-6-2-3-7-15(14)11-21/h2-9,18,26H,10-13H2,1H3,(H,22,24). The Kier molecular flexibility index (Phi) is 4.04. The predicted octanol–water partition coefficient (Wildman–Crippen LogP) is 1.50. The first-order valence-electron chi connectivity index (χ1n) is 8.88. The van der Waals surface area contributed by atoms with E-state index >= 15 is 0 Å². The first kappa shape index (κ1) is 16.8. The van der Waals surface area contributed by atoms with Gasteiger partial charge < -0.3 is 15.3 Å². The van der Waals surface area contributed by atoms with Crippen molar-refractivity contribution in [3.63, 3.8) is 0 Å². The number of nitrogens with one attached hydrogen (secondary N) is 1. The minimum absolute atomic E-state index is 0.0606. The van der Waals surface area contributed by atoms with Crippen LogP contribution in [-0.2, 0) is 17.6 Å². The van der Waals surface area contributed by atoms with Crippen LogP contribution >= 0.6 is 0 Å². The lowest BCUT2D eigenvalue weighted by atomic mass is 9.88. The van der Waals surface area contributed by atoms with Gasteiger partial charge in [0, 0.05) is 38.5 Å². The van der Waals surface area contributed by atoms with Gasteiger partial charge in [0.15, 0.2) is 0 Å². The maximum Gasteiger partial charge on any atom is 0.253 e. The van der Waals surface area contributed by atoms with Crippen LogP contribution in [0.5, 0.6) is 0 Å². The minimum atomic E-state index is -0.949. The predicted molar refractivity (Wildman–Crippen MR) is 98.0 cm³/mol. The second kappa shape index (κ2) is 6.25. The highest BCUT2D eigenvalue weighted by atomic mass is 16.3. The Morgan fingerprint density at radius 1 is 1.15 bits per heavy atom. The van der Waals surface area contributed by atoms with E-state index in [4.69, 9.17) is 0 Å². The van der Waals surface area contributed by atoms with Crippen molar-refractivity contribution < 1.29 is 14.7 Å². The van der Waals surface area contributed by atoms with Crippen LogP contribution in [0.2, 0.25) is 0 Å². The van der Waals surface area contributed by atoms with E-state index in [1.807, 2.05) is 42.5 Å². The van der Waals surface area contributed by atoms with Gasteiger partial charge in [-0.3, -0.25) is 9.59 Å². The Morgan fingerprint density at radius 3 is 2.46 bits per heavy atom. The van der Waals surface area contributed by atoms with Crippen LogP contribution in [0.4, 0.5) is 0 Å². The number of nitrogens with zero attached hydrogens (tertiary/aromatic N) is 1. The molecule has 0 fully saturated rings. The number of benzene rings is 2. The molecule has 2 amide bonds. The Labute approximate surface area is 152 Å². The summed E-state index contributed by atoms with van der Waals surface area (Å²) in [5, 5.41) is 13.8. The Bertz CT molecular complexity index is 852. The fraction of sp³-hybridized carbons (Fsp3) is 0.333. The summed E-state index contributed by atoms with van der Waals surface area (Å²) in [6.45, 7) is 0.553. The summed E-state index contributed by atoms with van der Waals surface area (Å²) in [7, 11) is 1.71. The number of likely N-dealkylation sites (N-methyl/N-ethyl adjacent to an activating group) is 1. The van der Waals surface area contributed by atoms with Crippen molar-refractivity contribution in [3.8, 4) is 0 Å². The third-order valence-electron chi connectivity index (χ3n) is 5.44. The molecule has 26 heavy (non-hydrogen) atoms. The van der Waals surface area contributed by atoms with E-state index in [1.54, 1.807) is 18.0 Å². The summed E-state index contributed by atoms with van der Waals surface area (Å²) >= 11 is 0. The lowest BCUT2D eigenvalue weighted by molar-refractivity contribution is -0.124. The van der Waals surface area contributed by atoms with E-state index in [0.29, 0.717) is 24.9 Å². The molecule has 1 aliphatic heterocycles. The zero-order chi connectivity index (χ0) is 18.3. The fourth-order valence-electron chi connectivity index (χ4n) is 4.05. The van der Waals surface area contributed by atoms with Crippen molar-refractivity contribution >= 4 is 11.8 Å². The zero-order valence-electron chi connectivity index (χ0n) is 14.7. The van der Waals surface area contributed by atoms with E-state index in [-0.39, 0.29) is 18.4 Å². The highest BCUT2D eigenvalue weighted by Crippen LogP contribution is 2.31. The first-order chi connectivity index (χ1) is 12.5. The van der Waals surface area contributed by atoms with E-state index < -0.39 is 11.5 Å². The molecular formula is C21H22N2O3. The van der Waals surface area contributed by atoms with Crippen molar-refractivity contribution in [1.29, 1.82) is 0 Å². The smallest absolute Gasteiger partial charge is 0.253 e. The SMILES string of the molecule is CN1CC(C(=O)NCC2(O)Cc3ccccc3C2)c2ccccc2C1=O. The van der Waals surface area contributed by atoms with Gasteiger partial charge in [-0.2, -0.15) is 0 Å². The molecule has 0 spiro atoms. The number of carbonyl (C=O) groups is 2. The van der Waals surface area contributed by atoms with Crippen LogP contribution in [0.1, 0.15) is 33.0 Å². The molecule has 2 aromatic carbocycles. The van der Waals surface area contributed by atoms with Crippen LogP contribution in [0.25, 0.3) is 0 Å². The number of aliphatic hydroxyl groups is 1. The third-order valence-corrected chi connectivity index (χ3v) is 5.44. The molecule has 0 saturated carbocycles. The van der Waals surface area contributed by atoms with E-state index in [0.717, 1.165) is 16.7 Å². The Hall–Kier alpha value is -2.66. The number of rotatable bonds is 3. The molecular weight excluding hydrogens is 328 g/mol. The van der Waals surface area contributed by atoms with Crippen LogP contribution < -0.4 is 5.32 Å². The molecule has 2 aliphatic rings. The summed E-state index contributed by atoms with van der Waals surface area (Å²) in [5.74, 6) is -0.628. The molecule has 2 N–H and O–H groups in total. The maximum atomic E-state index is 12.8. The van der Waals surface area contributed by atoms with Gasteiger partial charge >= 0.3 is 0 Å². The highest BCUT2D eigenvalue weighted by Gasteiger charge is 2.37. The average molecular weight is 350 g/mol. The van der Waals surface area contributed by atoms with Crippen LogP contribution in [-0.4, -0.2) is 47.6 Å².